The van der Waals surface area contributed by atoms with Crippen LogP contribution in [0.15, 0.2) is 0 Å². The molecule has 72 valence electrons. The van der Waals surface area contributed by atoms with E-state index in [0.717, 1.165) is 11.8 Å². The molecule has 0 unspecified atom stereocenters. The molecule has 8 heteroatoms. The first kappa shape index (κ1) is 11.7. The zero-order valence-electron chi connectivity index (χ0n) is 6.10. The summed E-state index contributed by atoms with van der Waals surface area (Å²) in [7, 11) is -4.23. The van der Waals surface area contributed by atoms with Crippen molar-refractivity contribution in [3.63, 3.8) is 0 Å². The first-order valence-electron chi connectivity index (χ1n) is 2.92. The summed E-state index contributed by atoms with van der Waals surface area (Å²) in [6.45, 7) is -0.681. The summed E-state index contributed by atoms with van der Waals surface area (Å²) in [5, 5.41) is 13.7. The van der Waals surface area contributed by atoms with Crippen molar-refractivity contribution in [1.82, 2.24) is 0 Å². The molecular weight excluding hydrogens is 204 g/mol. The first-order valence-corrected chi connectivity index (χ1v) is 5.40. The van der Waals surface area contributed by atoms with E-state index in [9.17, 15) is 8.42 Å². The maximum atomic E-state index is 10.4. The van der Waals surface area contributed by atoms with Gasteiger partial charge >= 0.3 is 0 Å². The van der Waals surface area contributed by atoms with Crippen molar-refractivity contribution in [2.24, 2.45) is 5.73 Å². The second-order valence-corrected chi connectivity index (χ2v) is 4.75. The van der Waals surface area contributed by atoms with Gasteiger partial charge in [0.25, 0.3) is 10.1 Å². The fourth-order valence-corrected chi connectivity index (χ4v) is 1.97. The number of nitrogens with two attached hydrogens (primary N) is 1. The van der Waals surface area contributed by atoms with Crippen LogP contribution in [0.2, 0.25) is 0 Å². The Morgan fingerprint density at radius 2 is 2.17 bits per heavy atom. The van der Waals surface area contributed by atoms with E-state index >= 15 is 0 Å². The molecule has 0 aromatic carbocycles. The third-order valence-electron chi connectivity index (χ3n) is 1.05. The van der Waals surface area contributed by atoms with E-state index in [4.69, 9.17) is 20.8 Å². The predicted octanol–water partition coefficient (Wildman–Crippen LogP) is -1.14. The monoisotopic (exact) mass is 214 g/mol. The summed E-state index contributed by atoms with van der Waals surface area (Å²) in [4.78, 5) is 0. The summed E-state index contributed by atoms with van der Waals surface area (Å²) in [5.74, 6) is -0.120. The van der Waals surface area contributed by atoms with Crippen LogP contribution in [0.4, 0.5) is 0 Å². The van der Waals surface area contributed by atoms with Crippen LogP contribution in [0.1, 0.15) is 0 Å². The molecule has 0 bridgehead atoms. The molecule has 0 saturated heterocycles. The van der Waals surface area contributed by atoms with Gasteiger partial charge in [0.1, 0.15) is 5.25 Å². The Labute approximate surface area is 74.4 Å². The number of aliphatic hydroxyl groups is 1. The molecule has 0 aliphatic heterocycles. The first-order chi connectivity index (χ1) is 5.38. The van der Waals surface area contributed by atoms with Crippen LogP contribution in [-0.4, -0.2) is 40.9 Å². The third kappa shape index (κ3) is 4.54. The van der Waals surface area contributed by atoms with Crippen molar-refractivity contribution in [3.05, 3.63) is 0 Å². The molecule has 0 spiro atoms. The summed E-state index contributed by atoms with van der Waals surface area (Å²) < 4.78 is 29.4. The fourth-order valence-electron chi connectivity index (χ4n) is 0.416. The van der Waals surface area contributed by atoms with Gasteiger partial charge in [0.05, 0.1) is 6.61 Å². The van der Waals surface area contributed by atoms with E-state index in [1.807, 2.05) is 0 Å². The van der Waals surface area contributed by atoms with Gasteiger partial charge in [0.15, 0.2) is 5.17 Å². The summed E-state index contributed by atoms with van der Waals surface area (Å²) in [6, 6.07) is 0. The lowest BCUT2D eigenvalue weighted by molar-refractivity contribution is 0.291. The third-order valence-corrected chi connectivity index (χ3v) is 3.30. The van der Waals surface area contributed by atoms with E-state index < -0.39 is 22.0 Å². The lowest BCUT2D eigenvalue weighted by Gasteiger charge is -2.08. The zero-order valence-corrected chi connectivity index (χ0v) is 7.73. The topological polar surface area (TPSA) is 124 Å². The number of amidine groups is 1. The molecule has 0 rings (SSSR count). The highest BCUT2D eigenvalue weighted by Crippen LogP contribution is 2.07. The minimum Gasteiger partial charge on any atom is -0.395 e. The molecule has 0 fully saturated rings. The van der Waals surface area contributed by atoms with Crippen LogP contribution in [0.5, 0.6) is 0 Å². The molecule has 0 heterocycles. The van der Waals surface area contributed by atoms with Crippen LogP contribution in [0, 0.1) is 5.41 Å². The van der Waals surface area contributed by atoms with Crippen LogP contribution in [0.25, 0.3) is 0 Å². The van der Waals surface area contributed by atoms with Gasteiger partial charge in [-0.3, -0.25) is 9.96 Å². The molecule has 12 heavy (non-hydrogen) atoms. The Hall–Kier alpha value is -0.310. The molecule has 0 aromatic heterocycles. The molecule has 6 nitrogen and oxygen atoms in total. The molecule has 0 aliphatic rings. The Bertz CT molecular complexity index is 250. The Kier molecular flexibility index (Phi) is 4.53. The van der Waals surface area contributed by atoms with Gasteiger partial charge < -0.3 is 10.8 Å². The van der Waals surface area contributed by atoms with E-state index in [1.54, 1.807) is 0 Å². The molecule has 0 aromatic rings. The lowest BCUT2D eigenvalue weighted by atomic mass is 10.5. The molecular formula is C4H10N2O4S2. The minimum atomic E-state index is -4.23. The van der Waals surface area contributed by atoms with Crippen molar-refractivity contribution < 1.29 is 18.1 Å². The Morgan fingerprint density at radius 1 is 1.67 bits per heavy atom. The standard InChI is InChI=1S/C4H10N2O4S2/c5-4(6)11-2-3(1-7)12(8,9)10/h3,7H,1-2H2,(H3,5,6)(H,8,9,10)/t3-/m0/s1. The number of nitrogens with one attached hydrogen (secondary N) is 1. The highest BCUT2D eigenvalue weighted by molar-refractivity contribution is 8.14. The normalized spacial score (nSPS) is 14.2. The van der Waals surface area contributed by atoms with Gasteiger partial charge in [-0.1, -0.05) is 11.8 Å². The average Bonchev–Trinajstić information content (AvgIpc) is 1.85. The predicted molar refractivity (Wildman–Crippen MR) is 46.8 cm³/mol. The average molecular weight is 214 g/mol. The van der Waals surface area contributed by atoms with E-state index in [1.165, 1.54) is 0 Å². The summed E-state index contributed by atoms with van der Waals surface area (Å²) in [6.07, 6.45) is 0. The van der Waals surface area contributed by atoms with E-state index in [2.05, 4.69) is 0 Å². The zero-order chi connectivity index (χ0) is 9.78. The Balaban J connectivity index is 4.11. The number of hydrogen-bond donors (Lipinski definition) is 4. The van der Waals surface area contributed by atoms with Crippen molar-refractivity contribution in [1.29, 1.82) is 5.41 Å². The molecule has 0 amide bonds. The molecule has 0 radical (unpaired) electrons. The fraction of sp³-hybridized carbons (Fsp3) is 0.750. The van der Waals surface area contributed by atoms with Crippen molar-refractivity contribution in [2.75, 3.05) is 12.4 Å². The molecule has 5 N–H and O–H groups in total. The smallest absolute Gasteiger partial charge is 0.270 e. The molecule has 0 aliphatic carbocycles. The van der Waals surface area contributed by atoms with Gasteiger partial charge in [0, 0.05) is 5.75 Å². The second-order valence-electron chi connectivity index (χ2n) is 1.99. The summed E-state index contributed by atoms with van der Waals surface area (Å²) >= 11 is 0.753. The molecule has 0 saturated carbocycles. The number of rotatable bonds is 4. The lowest BCUT2D eigenvalue weighted by Crippen LogP contribution is -2.28. The van der Waals surface area contributed by atoms with Gasteiger partial charge in [-0.15, -0.1) is 0 Å². The summed E-state index contributed by atoms with van der Waals surface area (Å²) in [5.41, 5.74) is 4.93. The van der Waals surface area contributed by atoms with Crippen LogP contribution < -0.4 is 5.73 Å². The number of aliphatic hydroxyl groups excluding tert-OH is 1. The number of thioether (sulfide) groups is 1. The maximum absolute atomic E-state index is 10.4. The largest absolute Gasteiger partial charge is 0.395 e. The van der Waals surface area contributed by atoms with Crippen molar-refractivity contribution in [2.45, 2.75) is 5.25 Å². The van der Waals surface area contributed by atoms with Crippen molar-refractivity contribution in [3.8, 4) is 0 Å². The highest BCUT2D eigenvalue weighted by atomic mass is 32.2. The second kappa shape index (κ2) is 4.65. The minimum absolute atomic E-state index is 0.120. The van der Waals surface area contributed by atoms with Crippen LogP contribution in [-0.2, 0) is 10.1 Å². The van der Waals surface area contributed by atoms with Crippen LogP contribution in [0.3, 0.4) is 0 Å². The SMILES string of the molecule is N=C(N)SC[C@H](CO)S(=O)(=O)O. The Morgan fingerprint density at radius 3 is 2.42 bits per heavy atom. The maximum Gasteiger partial charge on any atom is 0.270 e. The van der Waals surface area contributed by atoms with Crippen molar-refractivity contribution >= 4 is 27.0 Å². The van der Waals surface area contributed by atoms with E-state index in [-0.39, 0.29) is 10.9 Å². The highest BCUT2D eigenvalue weighted by Gasteiger charge is 2.22. The van der Waals surface area contributed by atoms with Gasteiger partial charge in [-0.2, -0.15) is 8.42 Å². The quantitative estimate of drug-likeness (QED) is 0.266. The number of hydrogen-bond acceptors (Lipinski definition) is 5. The van der Waals surface area contributed by atoms with Crippen LogP contribution >= 0.6 is 11.8 Å². The van der Waals surface area contributed by atoms with E-state index in [0.29, 0.717) is 0 Å². The van der Waals surface area contributed by atoms with Gasteiger partial charge in [-0.05, 0) is 0 Å². The van der Waals surface area contributed by atoms with Gasteiger partial charge in [-0.25, -0.2) is 0 Å². The van der Waals surface area contributed by atoms with Gasteiger partial charge in [0.2, 0.25) is 0 Å². The molecule has 1 atom stereocenters.